The number of hydrogen-bond acceptors (Lipinski definition) is 4. The van der Waals surface area contributed by atoms with Crippen LogP contribution in [0.1, 0.15) is 44.5 Å². The second-order valence-corrected chi connectivity index (χ2v) is 6.60. The van der Waals surface area contributed by atoms with Crippen LogP contribution in [0.15, 0.2) is 48.7 Å². The molecule has 1 N–H and O–H groups in total. The number of esters is 1. The number of carbonyl (C=O) groups is 2. The van der Waals surface area contributed by atoms with Gasteiger partial charge in [-0.3, -0.25) is 4.79 Å². The van der Waals surface area contributed by atoms with E-state index >= 15 is 0 Å². The van der Waals surface area contributed by atoms with E-state index in [0.717, 1.165) is 16.8 Å². The van der Waals surface area contributed by atoms with Gasteiger partial charge in [-0.1, -0.05) is 23.8 Å². The number of ether oxygens (including phenoxy) is 1. The average Bonchev–Trinajstić information content (AvgIpc) is 3.05. The van der Waals surface area contributed by atoms with Crippen molar-refractivity contribution in [2.45, 2.75) is 27.7 Å². The number of hydrogen-bond donors (Lipinski definition) is 1. The number of nitrogens with one attached hydrogen (secondary N) is 1. The van der Waals surface area contributed by atoms with Gasteiger partial charge in [-0.05, 0) is 57.5 Å². The Hall–Kier alpha value is -3.41. The Bertz CT molecular complexity index is 1040. The number of amides is 1. The van der Waals surface area contributed by atoms with Crippen LogP contribution in [0.4, 0.5) is 5.69 Å². The van der Waals surface area contributed by atoms with Crippen molar-refractivity contribution in [3.8, 4) is 5.69 Å². The smallest absolute Gasteiger partial charge is 0.341 e. The quantitative estimate of drug-likeness (QED) is 0.676. The number of carbonyl (C=O) groups excluding carboxylic acids is 2. The van der Waals surface area contributed by atoms with Crippen molar-refractivity contribution in [1.82, 2.24) is 9.78 Å². The van der Waals surface area contributed by atoms with E-state index < -0.39 is 5.97 Å². The predicted octanol–water partition coefficient (Wildman–Crippen LogP) is 4.23. The van der Waals surface area contributed by atoms with E-state index in [1.807, 2.05) is 56.3 Å². The number of aryl methyl sites for hydroxylation is 2. The molecule has 28 heavy (non-hydrogen) atoms. The molecule has 1 aromatic heterocycles. The van der Waals surface area contributed by atoms with Crippen molar-refractivity contribution in [3.63, 3.8) is 0 Å². The van der Waals surface area contributed by atoms with Gasteiger partial charge in [-0.2, -0.15) is 5.10 Å². The standard InChI is InChI=1S/C22H23N3O3/c1-5-28-22(27)20-13-23-25(16(20)4)18-8-6-7-17(12-18)24-21(26)19-11-14(2)9-10-15(19)3/h6-13H,5H2,1-4H3,(H,24,26). The fourth-order valence-corrected chi connectivity index (χ4v) is 2.97. The third-order valence-corrected chi connectivity index (χ3v) is 4.49. The molecule has 0 saturated carbocycles. The first kappa shape index (κ1) is 19.4. The molecule has 1 amide bonds. The van der Waals surface area contributed by atoms with Gasteiger partial charge in [-0.15, -0.1) is 0 Å². The monoisotopic (exact) mass is 377 g/mol. The highest BCUT2D eigenvalue weighted by atomic mass is 16.5. The summed E-state index contributed by atoms with van der Waals surface area (Å²) in [6, 6.07) is 13.1. The van der Waals surface area contributed by atoms with Crippen LogP contribution in [0.2, 0.25) is 0 Å². The molecule has 0 aliphatic carbocycles. The van der Waals surface area contributed by atoms with Crippen molar-refractivity contribution >= 4 is 17.6 Å². The Morgan fingerprint density at radius 3 is 2.61 bits per heavy atom. The lowest BCUT2D eigenvalue weighted by atomic mass is 10.0. The maximum absolute atomic E-state index is 12.7. The number of benzene rings is 2. The molecule has 0 saturated heterocycles. The Balaban J connectivity index is 1.86. The topological polar surface area (TPSA) is 73.2 Å². The highest BCUT2D eigenvalue weighted by molar-refractivity contribution is 6.05. The first-order chi connectivity index (χ1) is 13.4. The zero-order valence-corrected chi connectivity index (χ0v) is 16.4. The molecule has 6 nitrogen and oxygen atoms in total. The van der Waals surface area contributed by atoms with Gasteiger partial charge in [0.2, 0.25) is 0 Å². The second-order valence-electron chi connectivity index (χ2n) is 6.60. The molecule has 1 heterocycles. The van der Waals surface area contributed by atoms with Crippen LogP contribution in [-0.4, -0.2) is 28.3 Å². The Labute approximate surface area is 164 Å². The summed E-state index contributed by atoms with van der Waals surface area (Å²) in [6.07, 6.45) is 1.49. The van der Waals surface area contributed by atoms with Crippen LogP contribution in [0.5, 0.6) is 0 Å². The van der Waals surface area contributed by atoms with Crippen LogP contribution >= 0.6 is 0 Å². The first-order valence-electron chi connectivity index (χ1n) is 9.11. The van der Waals surface area contributed by atoms with Crippen LogP contribution in [0, 0.1) is 20.8 Å². The molecule has 0 spiro atoms. The number of aromatic nitrogens is 2. The van der Waals surface area contributed by atoms with E-state index in [1.165, 1.54) is 6.20 Å². The van der Waals surface area contributed by atoms with Crippen LogP contribution < -0.4 is 5.32 Å². The fraction of sp³-hybridized carbons (Fsp3) is 0.227. The molecule has 0 aliphatic rings. The third kappa shape index (κ3) is 3.96. The van der Waals surface area contributed by atoms with Crippen LogP contribution in [-0.2, 0) is 4.74 Å². The Kier molecular flexibility index (Phi) is 5.59. The lowest BCUT2D eigenvalue weighted by Gasteiger charge is -2.11. The summed E-state index contributed by atoms with van der Waals surface area (Å²) in [6.45, 7) is 7.75. The van der Waals surface area contributed by atoms with Crippen molar-refractivity contribution < 1.29 is 14.3 Å². The second kappa shape index (κ2) is 8.08. The molecule has 0 fully saturated rings. The van der Waals surface area contributed by atoms with E-state index in [4.69, 9.17) is 4.74 Å². The summed E-state index contributed by atoms with van der Waals surface area (Å²) in [7, 11) is 0. The van der Waals surface area contributed by atoms with Crippen molar-refractivity contribution in [2.75, 3.05) is 11.9 Å². The summed E-state index contributed by atoms with van der Waals surface area (Å²) >= 11 is 0. The molecule has 2 aromatic carbocycles. The van der Waals surface area contributed by atoms with Gasteiger partial charge in [0.1, 0.15) is 5.56 Å². The number of anilines is 1. The lowest BCUT2D eigenvalue weighted by Crippen LogP contribution is -2.14. The molecule has 0 unspecified atom stereocenters. The van der Waals surface area contributed by atoms with E-state index in [1.54, 1.807) is 18.5 Å². The maximum Gasteiger partial charge on any atom is 0.341 e. The number of nitrogens with zero attached hydrogens (tertiary/aromatic N) is 2. The molecule has 144 valence electrons. The van der Waals surface area contributed by atoms with Gasteiger partial charge in [-0.25, -0.2) is 9.48 Å². The van der Waals surface area contributed by atoms with Gasteiger partial charge in [0.25, 0.3) is 5.91 Å². The summed E-state index contributed by atoms with van der Waals surface area (Å²) in [5.74, 6) is -0.562. The van der Waals surface area contributed by atoms with Gasteiger partial charge in [0, 0.05) is 11.3 Å². The van der Waals surface area contributed by atoms with E-state index in [9.17, 15) is 9.59 Å². The summed E-state index contributed by atoms with van der Waals surface area (Å²) in [4.78, 5) is 24.7. The molecule has 0 atom stereocenters. The van der Waals surface area contributed by atoms with Crippen molar-refractivity contribution in [3.05, 3.63) is 76.6 Å². The molecule has 0 bridgehead atoms. The largest absolute Gasteiger partial charge is 0.462 e. The maximum atomic E-state index is 12.7. The summed E-state index contributed by atoms with van der Waals surface area (Å²) in [5.41, 5.74) is 5.08. The van der Waals surface area contributed by atoms with E-state index in [2.05, 4.69) is 10.4 Å². The predicted molar refractivity (Wildman–Crippen MR) is 108 cm³/mol. The Morgan fingerprint density at radius 1 is 1.07 bits per heavy atom. The minimum absolute atomic E-state index is 0.164. The van der Waals surface area contributed by atoms with Gasteiger partial charge in [0.15, 0.2) is 0 Å². The lowest BCUT2D eigenvalue weighted by molar-refractivity contribution is 0.0525. The van der Waals surface area contributed by atoms with Crippen molar-refractivity contribution in [2.24, 2.45) is 0 Å². The minimum atomic E-state index is -0.398. The zero-order chi connectivity index (χ0) is 20.3. The van der Waals surface area contributed by atoms with Crippen LogP contribution in [0.25, 0.3) is 5.69 Å². The normalized spacial score (nSPS) is 10.6. The summed E-state index contributed by atoms with van der Waals surface area (Å²) < 4.78 is 6.71. The molecule has 3 aromatic rings. The molecule has 3 rings (SSSR count). The van der Waals surface area contributed by atoms with Crippen LogP contribution in [0.3, 0.4) is 0 Å². The molecular formula is C22H23N3O3. The van der Waals surface area contributed by atoms with Gasteiger partial charge < -0.3 is 10.1 Å². The molecule has 0 aliphatic heterocycles. The highest BCUT2D eigenvalue weighted by Gasteiger charge is 2.16. The van der Waals surface area contributed by atoms with Crippen molar-refractivity contribution in [1.29, 1.82) is 0 Å². The molecule has 0 radical (unpaired) electrons. The average molecular weight is 377 g/mol. The highest BCUT2D eigenvalue weighted by Crippen LogP contribution is 2.20. The molecular weight excluding hydrogens is 354 g/mol. The summed E-state index contributed by atoms with van der Waals surface area (Å²) in [5, 5.41) is 7.23. The zero-order valence-electron chi connectivity index (χ0n) is 16.4. The van der Waals surface area contributed by atoms with E-state index in [0.29, 0.717) is 29.1 Å². The van der Waals surface area contributed by atoms with Gasteiger partial charge >= 0.3 is 5.97 Å². The fourth-order valence-electron chi connectivity index (χ4n) is 2.97. The van der Waals surface area contributed by atoms with Gasteiger partial charge in [0.05, 0.1) is 24.2 Å². The van der Waals surface area contributed by atoms with E-state index in [-0.39, 0.29) is 5.91 Å². The minimum Gasteiger partial charge on any atom is -0.462 e. The number of rotatable bonds is 5. The SMILES string of the molecule is CCOC(=O)c1cnn(-c2cccc(NC(=O)c3cc(C)ccc3C)c2)c1C. The first-order valence-corrected chi connectivity index (χ1v) is 9.11. The molecule has 6 heteroatoms. The Morgan fingerprint density at radius 2 is 1.86 bits per heavy atom. The third-order valence-electron chi connectivity index (χ3n) is 4.49.